The molecule has 0 bridgehead atoms. The van der Waals surface area contributed by atoms with Crippen LogP contribution in [0.5, 0.6) is 0 Å². The van der Waals surface area contributed by atoms with Gasteiger partial charge in [0.25, 0.3) is 0 Å². The number of nitrogens with two attached hydrogens (primary N) is 1. The first-order chi connectivity index (χ1) is 15.1. The number of carbonyl (C=O) groups is 1. The van der Waals surface area contributed by atoms with Crippen LogP contribution < -0.4 is 5.73 Å². The molecular formula is C28H24N2O. The first-order valence-electron chi connectivity index (χ1n) is 10.6. The molecule has 31 heavy (non-hydrogen) atoms. The molecule has 152 valence electrons. The van der Waals surface area contributed by atoms with Crippen molar-refractivity contribution in [1.82, 2.24) is 4.98 Å². The summed E-state index contributed by atoms with van der Waals surface area (Å²) in [5.41, 5.74) is 12.9. The van der Waals surface area contributed by atoms with Crippen LogP contribution in [0.3, 0.4) is 0 Å². The van der Waals surface area contributed by atoms with E-state index in [2.05, 4.69) is 66.5 Å². The van der Waals surface area contributed by atoms with Crippen LogP contribution in [-0.2, 0) is 5.41 Å². The number of primary amides is 1. The summed E-state index contributed by atoms with van der Waals surface area (Å²) in [6.45, 7) is 2.10. The molecule has 0 saturated heterocycles. The van der Waals surface area contributed by atoms with Gasteiger partial charge in [0.15, 0.2) is 0 Å². The van der Waals surface area contributed by atoms with Gasteiger partial charge >= 0.3 is 0 Å². The molecule has 1 heterocycles. The van der Waals surface area contributed by atoms with E-state index >= 15 is 0 Å². The van der Waals surface area contributed by atoms with E-state index in [1.165, 1.54) is 16.7 Å². The molecule has 3 heteroatoms. The third-order valence-electron chi connectivity index (χ3n) is 6.23. The lowest BCUT2D eigenvalue weighted by molar-refractivity contribution is 0.0999. The zero-order chi connectivity index (χ0) is 21.4. The van der Waals surface area contributed by atoms with Crippen LogP contribution in [0.2, 0.25) is 0 Å². The Kier molecular flexibility index (Phi) is 4.67. The zero-order valence-corrected chi connectivity index (χ0v) is 17.5. The van der Waals surface area contributed by atoms with Gasteiger partial charge in [0.2, 0.25) is 5.91 Å². The molecule has 0 aliphatic heterocycles. The van der Waals surface area contributed by atoms with Gasteiger partial charge in [-0.05, 0) is 60.2 Å². The Balaban J connectivity index is 1.66. The second kappa shape index (κ2) is 7.51. The van der Waals surface area contributed by atoms with E-state index in [4.69, 9.17) is 5.73 Å². The zero-order valence-electron chi connectivity index (χ0n) is 17.5. The molecule has 0 spiro atoms. The molecule has 1 aromatic heterocycles. The van der Waals surface area contributed by atoms with Crippen LogP contribution >= 0.6 is 0 Å². The van der Waals surface area contributed by atoms with Gasteiger partial charge in [-0.3, -0.25) is 9.78 Å². The number of nitrogens with zero attached hydrogens (tertiary/aromatic N) is 1. The van der Waals surface area contributed by atoms with Crippen LogP contribution in [0, 0.1) is 6.92 Å². The topological polar surface area (TPSA) is 56.0 Å². The second-order valence-corrected chi connectivity index (χ2v) is 8.38. The number of hydrogen-bond donors (Lipinski definition) is 1. The van der Waals surface area contributed by atoms with E-state index in [9.17, 15) is 4.79 Å². The Morgan fingerprint density at radius 3 is 2.48 bits per heavy atom. The SMILES string of the molecule is Cc1cccc(C=Cc2cc(C3(c4ccccc4C(N)=O)CC3)c3cccnc3c2)c1. The van der Waals surface area contributed by atoms with Crippen LogP contribution in [0.25, 0.3) is 23.1 Å². The van der Waals surface area contributed by atoms with Crippen molar-refractivity contribution < 1.29 is 4.79 Å². The molecule has 1 aliphatic rings. The minimum absolute atomic E-state index is 0.194. The van der Waals surface area contributed by atoms with Crippen LogP contribution in [0.1, 0.15) is 51.0 Å². The largest absolute Gasteiger partial charge is 0.366 e. The number of rotatable bonds is 5. The third-order valence-corrected chi connectivity index (χ3v) is 6.23. The number of benzene rings is 3. The fourth-order valence-corrected chi connectivity index (χ4v) is 4.59. The molecule has 1 amide bonds. The number of amides is 1. The van der Waals surface area contributed by atoms with Crippen LogP contribution in [0.15, 0.2) is 79.0 Å². The van der Waals surface area contributed by atoms with Crippen molar-refractivity contribution in [3.63, 3.8) is 0 Å². The predicted molar refractivity (Wildman–Crippen MR) is 127 cm³/mol. The van der Waals surface area contributed by atoms with Gasteiger partial charge in [0.05, 0.1) is 5.52 Å². The highest BCUT2D eigenvalue weighted by atomic mass is 16.1. The lowest BCUT2D eigenvalue weighted by Gasteiger charge is -2.21. The van der Waals surface area contributed by atoms with Crippen molar-refractivity contribution in [3.05, 3.63) is 112 Å². The molecular weight excluding hydrogens is 380 g/mol. The summed E-state index contributed by atoms with van der Waals surface area (Å²) in [6.07, 6.45) is 8.09. The Hall–Kier alpha value is -3.72. The molecule has 3 aromatic carbocycles. The summed E-state index contributed by atoms with van der Waals surface area (Å²) in [7, 11) is 0. The smallest absolute Gasteiger partial charge is 0.249 e. The monoisotopic (exact) mass is 404 g/mol. The molecule has 5 rings (SSSR count). The standard InChI is InChI=1S/C28H24N2O/c1-19-6-4-7-20(16-19)11-12-21-17-25(22-9-5-15-30-26(22)18-21)28(13-14-28)24-10-3-2-8-23(24)27(29)31/h2-12,15-18H,13-14H2,1H3,(H2,29,31). The van der Waals surface area contributed by atoms with E-state index < -0.39 is 0 Å². The van der Waals surface area contributed by atoms with Crippen molar-refractivity contribution in [2.75, 3.05) is 0 Å². The summed E-state index contributed by atoms with van der Waals surface area (Å²) in [4.78, 5) is 16.8. The van der Waals surface area contributed by atoms with Crippen molar-refractivity contribution in [3.8, 4) is 0 Å². The summed E-state index contributed by atoms with van der Waals surface area (Å²) >= 11 is 0. The Morgan fingerprint density at radius 2 is 1.71 bits per heavy atom. The summed E-state index contributed by atoms with van der Waals surface area (Å²) < 4.78 is 0. The maximum atomic E-state index is 12.1. The van der Waals surface area contributed by atoms with Gasteiger partial charge in [0, 0.05) is 22.6 Å². The van der Waals surface area contributed by atoms with E-state index in [0.29, 0.717) is 5.56 Å². The number of aromatic nitrogens is 1. The van der Waals surface area contributed by atoms with E-state index in [0.717, 1.165) is 34.9 Å². The molecule has 2 N–H and O–H groups in total. The summed E-state index contributed by atoms with van der Waals surface area (Å²) in [5.74, 6) is -0.375. The van der Waals surface area contributed by atoms with Gasteiger partial charge in [0.1, 0.15) is 0 Å². The van der Waals surface area contributed by atoms with Gasteiger partial charge in [-0.1, -0.05) is 72.3 Å². The number of fused-ring (bicyclic) bond motifs is 1. The predicted octanol–water partition coefficient (Wildman–Crippen LogP) is 5.89. The van der Waals surface area contributed by atoms with E-state index in [1.54, 1.807) is 0 Å². The van der Waals surface area contributed by atoms with Crippen molar-refractivity contribution in [1.29, 1.82) is 0 Å². The quantitative estimate of drug-likeness (QED) is 0.422. The Bertz CT molecular complexity index is 1330. The molecule has 0 atom stereocenters. The normalized spacial score (nSPS) is 14.7. The van der Waals surface area contributed by atoms with Crippen LogP contribution in [-0.4, -0.2) is 10.9 Å². The van der Waals surface area contributed by atoms with Crippen LogP contribution in [0.4, 0.5) is 0 Å². The second-order valence-electron chi connectivity index (χ2n) is 8.38. The molecule has 4 aromatic rings. The average molecular weight is 405 g/mol. The van der Waals surface area contributed by atoms with E-state index in [-0.39, 0.29) is 11.3 Å². The maximum absolute atomic E-state index is 12.1. The Labute approximate surface area is 182 Å². The molecule has 0 radical (unpaired) electrons. The third kappa shape index (κ3) is 3.53. The molecule has 1 saturated carbocycles. The molecule has 3 nitrogen and oxygen atoms in total. The number of pyridine rings is 1. The number of aryl methyl sites for hydroxylation is 1. The average Bonchev–Trinajstić information content (AvgIpc) is 3.59. The fourth-order valence-electron chi connectivity index (χ4n) is 4.59. The minimum atomic E-state index is -0.375. The lowest BCUT2D eigenvalue weighted by atomic mass is 9.82. The van der Waals surface area contributed by atoms with Crippen molar-refractivity contribution in [2.45, 2.75) is 25.2 Å². The van der Waals surface area contributed by atoms with E-state index in [1.807, 2.05) is 36.5 Å². The highest BCUT2D eigenvalue weighted by molar-refractivity contribution is 5.96. The van der Waals surface area contributed by atoms with Gasteiger partial charge < -0.3 is 5.73 Å². The first kappa shape index (κ1) is 19.3. The summed E-state index contributed by atoms with van der Waals surface area (Å²) in [6, 6.07) is 24.7. The summed E-state index contributed by atoms with van der Waals surface area (Å²) in [5, 5.41) is 1.13. The highest BCUT2D eigenvalue weighted by Crippen LogP contribution is 2.56. The molecule has 0 unspecified atom stereocenters. The minimum Gasteiger partial charge on any atom is -0.366 e. The molecule has 1 fully saturated rings. The van der Waals surface area contributed by atoms with Crippen molar-refractivity contribution >= 4 is 29.0 Å². The fraction of sp³-hybridized carbons (Fsp3) is 0.143. The van der Waals surface area contributed by atoms with Gasteiger partial charge in [-0.2, -0.15) is 0 Å². The Morgan fingerprint density at radius 1 is 0.903 bits per heavy atom. The number of hydrogen-bond acceptors (Lipinski definition) is 2. The number of carbonyl (C=O) groups excluding carboxylic acids is 1. The van der Waals surface area contributed by atoms with Gasteiger partial charge in [-0.25, -0.2) is 0 Å². The highest BCUT2D eigenvalue weighted by Gasteiger charge is 2.48. The molecule has 1 aliphatic carbocycles. The lowest BCUT2D eigenvalue weighted by Crippen LogP contribution is -2.19. The van der Waals surface area contributed by atoms with Crippen molar-refractivity contribution in [2.24, 2.45) is 5.73 Å². The van der Waals surface area contributed by atoms with Gasteiger partial charge in [-0.15, -0.1) is 0 Å². The first-order valence-corrected chi connectivity index (χ1v) is 10.6. The maximum Gasteiger partial charge on any atom is 0.249 e.